The molecule has 0 radical (unpaired) electrons. The Morgan fingerprint density at radius 1 is 1.22 bits per heavy atom. The van der Waals surface area contributed by atoms with Gasteiger partial charge in [0.15, 0.2) is 0 Å². The van der Waals surface area contributed by atoms with Crippen LogP contribution in [0.25, 0.3) is 11.3 Å². The number of fused-ring (bicyclic) bond motifs is 1. The molecule has 0 atom stereocenters. The Kier molecular flexibility index (Phi) is 4.34. The van der Waals surface area contributed by atoms with E-state index in [2.05, 4.69) is 5.10 Å². The van der Waals surface area contributed by atoms with Gasteiger partial charge in [0.2, 0.25) is 5.91 Å². The predicted molar refractivity (Wildman–Crippen MR) is 86.5 cm³/mol. The monoisotopic (exact) mass is 333 g/mol. The Morgan fingerprint density at radius 2 is 2.00 bits per heavy atom. The lowest BCUT2D eigenvalue weighted by Gasteiger charge is -2.27. The average Bonchev–Trinajstić information content (AvgIpc) is 2.96. The summed E-state index contributed by atoms with van der Waals surface area (Å²) in [6.07, 6.45) is 0.609. The Morgan fingerprint density at radius 3 is 2.74 bits per heavy atom. The number of anilines is 1. The minimum Gasteiger partial charge on any atom is -0.481 e. The first-order valence-corrected chi connectivity index (χ1v) is 7.79. The lowest BCUT2D eigenvalue weighted by atomic mass is 10.1. The van der Waals surface area contributed by atoms with Crippen molar-refractivity contribution in [3.8, 4) is 11.3 Å². The third-order valence-electron chi connectivity index (χ3n) is 3.79. The summed E-state index contributed by atoms with van der Waals surface area (Å²) in [5, 5.41) is 13.9. The van der Waals surface area contributed by atoms with E-state index in [1.54, 1.807) is 15.6 Å². The molecule has 0 unspecified atom stereocenters. The van der Waals surface area contributed by atoms with Gasteiger partial charge in [0, 0.05) is 31.1 Å². The second kappa shape index (κ2) is 6.42. The van der Waals surface area contributed by atoms with E-state index in [1.807, 2.05) is 24.3 Å². The topological polar surface area (TPSA) is 75.4 Å². The molecule has 0 spiro atoms. The van der Waals surface area contributed by atoms with Crippen molar-refractivity contribution in [1.29, 1.82) is 0 Å². The van der Waals surface area contributed by atoms with Crippen molar-refractivity contribution in [3.05, 3.63) is 35.4 Å². The van der Waals surface area contributed by atoms with Crippen molar-refractivity contribution >= 4 is 29.3 Å². The summed E-state index contributed by atoms with van der Waals surface area (Å²) in [5.41, 5.74) is 1.53. The normalized spacial score (nSPS) is 13.7. The Balaban J connectivity index is 1.89. The summed E-state index contributed by atoms with van der Waals surface area (Å²) in [5.74, 6) is -0.471. The lowest BCUT2D eigenvalue weighted by Crippen LogP contribution is -2.37. The number of carbonyl (C=O) groups excluding carboxylic acids is 1. The summed E-state index contributed by atoms with van der Waals surface area (Å²) in [6.45, 7) is 1.30. The maximum atomic E-state index is 12.3. The molecular formula is C16H16ClN3O3. The van der Waals surface area contributed by atoms with Gasteiger partial charge in [0.1, 0.15) is 5.82 Å². The molecule has 0 bridgehead atoms. The molecule has 6 nitrogen and oxygen atoms in total. The highest BCUT2D eigenvalue weighted by Gasteiger charge is 2.25. The van der Waals surface area contributed by atoms with Crippen LogP contribution in [-0.2, 0) is 16.1 Å². The molecule has 23 heavy (non-hydrogen) atoms. The Labute approximate surface area is 138 Å². The van der Waals surface area contributed by atoms with E-state index in [0.717, 1.165) is 18.5 Å². The number of amides is 1. The smallest absolute Gasteiger partial charge is 0.303 e. The number of aromatic nitrogens is 2. The molecule has 1 aromatic heterocycles. The van der Waals surface area contributed by atoms with Crippen LogP contribution in [-0.4, -0.2) is 33.3 Å². The number of rotatable bonds is 4. The highest BCUT2D eigenvalue weighted by molar-refractivity contribution is 6.33. The van der Waals surface area contributed by atoms with Crippen LogP contribution in [0.2, 0.25) is 5.02 Å². The number of nitrogens with zero attached hydrogens (tertiary/aromatic N) is 3. The zero-order valence-corrected chi connectivity index (χ0v) is 13.2. The molecule has 0 fully saturated rings. The number of halogens is 1. The first-order valence-electron chi connectivity index (χ1n) is 7.41. The van der Waals surface area contributed by atoms with E-state index >= 15 is 0 Å². The van der Waals surface area contributed by atoms with Gasteiger partial charge in [-0.15, -0.1) is 0 Å². The minimum absolute atomic E-state index is 0.0120. The molecule has 3 rings (SSSR count). The van der Waals surface area contributed by atoms with Crippen LogP contribution in [0, 0.1) is 0 Å². The van der Waals surface area contributed by atoms with Gasteiger partial charge < -0.3 is 5.11 Å². The van der Waals surface area contributed by atoms with Crippen LogP contribution < -0.4 is 4.90 Å². The summed E-state index contributed by atoms with van der Waals surface area (Å²) in [6, 6.07) is 9.25. The van der Waals surface area contributed by atoms with E-state index in [-0.39, 0.29) is 18.7 Å². The SMILES string of the molecule is O=C(O)CCC(=O)N1CCCn2nc(-c3ccccc3Cl)cc21. The van der Waals surface area contributed by atoms with Crippen LogP contribution in [0.3, 0.4) is 0 Å². The number of benzene rings is 1. The zero-order valence-electron chi connectivity index (χ0n) is 12.4. The van der Waals surface area contributed by atoms with Crippen molar-refractivity contribution in [2.45, 2.75) is 25.8 Å². The second-order valence-corrected chi connectivity index (χ2v) is 5.79. The summed E-state index contributed by atoms with van der Waals surface area (Å²) in [4.78, 5) is 24.5. The number of hydrogen-bond donors (Lipinski definition) is 1. The molecule has 1 aliphatic heterocycles. The molecule has 1 N–H and O–H groups in total. The van der Waals surface area contributed by atoms with Crippen LogP contribution >= 0.6 is 11.6 Å². The highest BCUT2D eigenvalue weighted by Crippen LogP contribution is 2.31. The van der Waals surface area contributed by atoms with E-state index < -0.39 is 5.97 Å². The van der Waals surface area contributed by atoms with Gasteiger partial charge in [-0.05, 0) is 12.5 Å². The number of aryl methyl sites for hydroxylation is 1. The van der Waals surface area contributed by atoms with Gasteiger partial charge in [-0.1, -0.05) is 29.8 Å². The number of carboxylic acids is 1. The van der Waals surface area contributed by atoms with E-state index in [4.69, 9.17) is 16.7 Å². The molecule has 7 heteroatoms. The molecule has 1 amide bonds. The van der Waals surface area contributed by atoms with E-state index in [1.165, 1.54) is 0 Å². The molecular weight excluding hydrogens is 318 g/mol. The third kappa shape index (κ3) is 3.22. The van der Waals surface area contributed by atoms with Crippen LogP contribution in [0.5, 0.6) is 0 Å². The van der Waals surface area contributed by atoms with Crippen molar-refractivity contribution in [3.63, 3.8) is 0 Å². The summed E-state index contributed by atoms with van der Waals surface area (Å²) in [7, 11) is 0. The lowest BCUT2D eigenvalue weighted by molar-refractivity contribution is -0.138. The molecule has 1 aliphatic rings. The number of carbonyl (C=O) groups is 2. The average molecular weight is 334 g/mol. The molecule has 120 valence electrons. The fourth-order valence-electron chi connectivity index (χ4n) is 2.68. The van der Waals surface area contributed by atoms with Crippen molar-refractivity contribution < 1.29 is 14.7 Å². The van der Waals surface area contributed by atoms with Gasteiger partial charge in [-0.3, -0.25) is 14.5 Å². The van der Waals surface area contributed by atoms with Gasteiger partial charge in [-0.2, -0.15) is 5.10 Å². The maximum absolute atomic E-state index is 12.3. The molecule has 2 heterocycles. The van der Waals surface area contributed by atoms with Crippen molar-refractivity contribution in [1.82, 2.24) is 9.78 Å². The number of hydrogen-bond acceptors (Lipinski definition) is 3. The van der Waals surface area contributed by atoms with E-state index in [9.17, 15) is 9.59 Å². The minimum atomic E-state index is -0.972. The largest absolute Gasteiger partial charge is 0.481 e. The first-order chi connectivity index (χ1) is 11.1. The Hall–Kier alpha value is -2.34. The van der Waals surface area contributed by atoms with Crippen molar-refractivity contribution in [2.75, 3.05) is 11.4 Å². The van der Waals surface area contributed by atoms with Crippen LogP contribution in [0.15, 0.2) is 30.3 Å². The maximum Gasteiger partial charge on any atom is 0.303 e. The highest BCUT2D eigenvalue weighted by atomic mass is 35.5. The fraction of sp³-hybridized carbons (Fsp3) is 0.312. The van der Waals surface area contributed by atoms with Gasteiger partial charge in [-0.25, -0.2) is 4.68 Å². The van der Waals surface area contributed by atoms with Crippen LogP contribution in [0.1, 0.15) is 19.3 Å². The van der Waals surface area contributed by atoms with Gasteiger partial charge >= 0.3 is 5.97 Å². The molecule has 0 saturated carbocycles. The second-order valence-electron chi connectivity index (χ2n) is 5.38. The molecule has 1 aromatic carbocycles. The quantitative estimate of drug-likeness (QED) is 0.933. The van der Waals surface area contributed by atoms with E-state index in [0.29, 0.717) is 23.1 Å². The van der Waals surface area contributed by atoms with Gasteiger partial charge in [0.25, 0.3) is 0 Å². The molecule has 0 aliphatic carbocycles. The summed E-state index contributed by atoms with van der Waals surface area (Å²) >= 11 is 6.21. The third-order valence-corrected chi connectivity index (χ3v) is 4.12. The van der Waals surface area contributed by atoms with Crippen LogP contribution in [0.4, 0.5) is 5.82 Å². The fourth-order valence-corrected chi connectivity index (χ4v) is 2.92. The van der Waals surface area contributed by atoms with Gasteiger partial charge in [0.05, 0.1) is 17.1 Å². The molecule has 2 aromatic rings. The standard InChI is InChI=1S/C16H16ClN3O3/c17-12-5-2-1-4-11(12)13-10-14-19(8-3-9-20(14)18-13)15(21)6-7-16(22)23/h1-2,4-5,10H,3,6-9H2,(H,22,23). The molecule has 0 saturated heterocycles. The Bertz CT molecular complexity index is 757. The zero-order chi connectivity index (χ0) is 16.4. The predicted octanol–water partition coefficient (Wildman–Crippen LogP) is 2.81. The number of aliphatic carboxylic acids is 1. The number of carboxylic acid groups (broad SMARTS) is 1. The summed E-state index contributed by atoms with van der Waals surface area (Å²) < 4.78 is 1.78. The van der Waals surface area contributed by atoms with Crippen molar-refractivity contribution in [2.24, 2.45) is 0 Å². The first kappa shape index (κ1) is 15.6.